The maximum atomic E-state index is 14.2. The van der Waals surface area contributed by atoms with Crippen LogP contribution in [0.1, 0.15) is 18.9 Å². The van der Waals surface area contributed by atoms with Gasteiger partial charge in [-0.25, -0.2) is 23.5 Å². The van der Waals surface area contributed by atoms with Gasteiger partial charge in [-0.3, -0.25) is 4.68 Å². The van der Waals surface area contributed by atoms with Gasteiger partial charge in [0, 0.05) is 48.4 Å². The van der Waals surface area contributed by atoms with Gasteiger partial charge in [0.1, 0.15) is 12.0 Å². The Labute approximate surface area is 215 Å². The highest BCUT2D eigenvalue weighted by atomic mass is 19.4. The zero-order valence-electron chi connectivity index (χ0n) is 19.7. The van der Waals surface area contributed by atoms with Crippen molar-refractivity contribution in [3.63, 3.8) is 0 Å². The number of H-pyrrole nitrogens is 1. The normalized spacial score (nSPS) is 16.0. The van der Waals surface area contributed by atoms with Crippen LogP contribution in [0, 0.1) is 34.8 Å². The summed E-state index contributed by atoms with van der Waals surface area (Å²) in [5, 5.41) is 21.8. The SMILES string of the molecule is N#CC[C@@H](C1CCN(c2nc(F)c(F)cc2F)C1)n1cc(-c2ncnc3[nH]ccc23)cn1.O=C(O)C(F)(F)F. The number of rotatable bonds is 5. The molecule has 204 valence electrons. The molecular weight excluding hydrogens is 534 g/mol. The third-order valence-corrected chi connectivity index (χ3v) is 6.05. The summed E-state index contributed by atoms with van der Waals surface area (Å²) in [6, 6.07) is 4.29. The monoisotopic (exact) mass is 552 g/mol. The maximum absolute atomic E-state index is 14.2. The van der Waals surface area contributed by atoms with E-state index in [0.717, 1.165) is 16.6 Å². The topological polar surface area (TPSA) is 137 Å². The summed E-state index contributed by atoms with van der Waals surface area (Å²) >= 11 is 0. The highest BCUT2D eigenvalue weighted by molar-refractivity contribution is 5.89. The number of nitrogens with zero attached hydrogens (tertiary/aromatic N) is 7. The van der Waals surface area contributed by atoms with Crippen molar-refractivity contribution in [3.8, 4) is 17.3 Å². The minimum atomic E-state index is -5.08. The van der Waals surface area contributed by atoms with Crippen LogP contribution < -0.4 is 4.90 Å². The van der Waals surface area contributed by atoms with Gasteiger partial charge < -0.3 is 15.0 Å². The highest BCUT2D eigenvalue weighted by Gasteiger charge is 2.38. The molecule has 1 saturated heterocycles. The first-order valence-corrected chi connectivity index (χ1v) is 11.3. The molecule has 0 bridgehead atoms. The zero-order chi connectivity index (χ0) is 28.3. The van der Waals surface area contributed by atoms with E-state index < -0.39 is 29.7 Å². The Morgan fingerprint density at radius 2 is 2.00 bits per heavy atom. The predicted molar refractivity (Wildman–Crippen MR) is 122 cm³/mol. The Hall–Kier alpha value is -4.68. The number of carboxylic acids is 1. The van der Waals surface area contributed by atoms with Gasteiger partial charge in [-0.2, -0.15) is 32.9 Å². The standard InChI is InChI=1S/C21H17F3N8.C2HF3O2/c22-15-7-16(23)21(30-19(15)24)31-6-3-12(9-31)17(1-4-25)32-10-13(8-29-32)18-14-2-5-26-20(14)28-11-27-18;3-2(4,5)1(6)7/h2,5,7-8,10-12,17H,1,3,6,9H2,(H,26,27,28);(H,6,7)/t12?,17-;/m0./s1. The molecule has 10 nitrogen and oxygen atoms in total. The van der Waals surface area contributed by atoms with E-state index in [2.05, 4.69) is 31.1 Å². The molecule has 0 aromatic carbocycles. The van der Waals surface area contributed by atoms with Crippen molar-refractivity contribution in [2.75, 3.05) is 18.0 Å². The number of nitriles is 1. The molecule has 1 unspecified atom stereocenters. The predicted octanol–water partition coefficient (Wildman–Crippen LogP) is 4.25. The molecule has 1 aliphatic heterocycles. The Bertz CT molecular complexity index is 1530. The van der Waals surface area contributed by atoms with Crippen LogP contribution in [0.2, 0.25) is 0 Å². The lowest BCUT2D eigenvalue weighted by Gasteiger charge is -2.23. The van der Waals surface area contributed by atoms with E-state index in [1.54, 1.807) is 22.0 Å². The third kappa shape index (κ3) is 5.92. The van der Waals surface area contributed by atoms with Gasteiger partial charge in [-0.05, 0) is 12.5 Å². The number of aromatic amines is 1. The van der Waals surface area contributed by atoms with Crippen molar-refractivity contribution < 1.29 is 36.2 Å². The number of alkyl halides is 3. The van der Waals surface area contributed by atoms with Crippen LogP contribution in [0.25, 0.3) is 22.3 Å². The van der Waals surface area contributed by atoms with Crippen LogP contribution in [-0.4, -0.2) is 60.1 Å². The van der Waals surface area contributed by atoms with Crippen molar-refractivity contribution in [2.45, 2.75) is 25.1 Å². The molecule has 2 N–H and O–H groups in total. The number of pyridine rings is 1. The molecule has 2 atom stereocenters. The minimum absolute atomic E-state index is 0.0607. The van der Waals surface area contributed by atoms with Crippen LogP contribution >= 0.6 is 0 Å². The second-order valence-corrected chi connectivity index (χ2v) is 8.46. The smallest absolute Gasteiger partial charge is 0.475 e. The lowest BCUT2D eigenvalue weighted by Crippen LogP contribution is -2.26. The van der Waals surface area contributed by atoms with Crippen LogP contribution in [0.4, 0.5) is 32.2 Å². The summed E-state index contributed by atoms with van der Waals surface area (Å²) in [6.07, 6.45) is 2.49. The summed E-state index contributed by atoms with van der Waals surface area (Å²) in [4.78, 5) is 25.5. The number of hydrogen-bond donors (Lipinski definition) is 2. The molecule has 16 heteroatoms. The number of nitrogens with one attached hydrogen (secondary N) is 1. The summed E-state index contributed by atoms with van der Waals surface area (Å²) in [7, 11) is 0. The second kappa shape index (κ2) is 11.0. The number of aromatic nitrogens is 6. The number of anilines is 1. The van der Waals surface area contributed by atoms with Gasteiger partial charge in [0.25, 0.3) is 5.95 Å². The van der Waals surface area contributed by atoms with E-state index in [1.807, 2.05) is 12.3 Å². The third-order valence-electron chi connectivity index (χ3n) is 6.05. The van der Waals surface area contributed by atoms with Crippen LogP contribution in [0.5, 0.6) is 0 Å². The van der Waals surface area contributed by atoms with E-state index in [-0.39, 0.29) is 24.2 Å². The summed E-state index contributed by atoms with van der Waals surface area (Å²) in [6.45, 7) is 0.748. The van der Waals surface area contributed by atoms with Crippen molar-refractivity contribution in [2.24, 2.45) is 5.92 Å². The van der Waals surface area contributed by atoms with Crippen molar-refractivity contribution in [3.05, 3.63) is 54.6 Å². The van der Waals surface area contributed by atoms with E-state index in [0.29, 0.717) is 31.2 Å². The fraction of sp³-hybridized carbons (Fsp3) is 0.304. The lowest BCUT2D eigenvalue weighted by molar-refractivity contribution is -0.192. The number of halogens is 6. The molecule has 5 heterocycles. The van der Waals surface area contributed by atoms with Crippen molar-refractivity contribution in [1.29, 1.82) is 5.26 Å². The van der Waals surface area contributed by atoms with E-state index in [4.69, 9.17) is 9.90 Å². The van der Waals surface area contributed by atoms with Gasteiger partial charge in [0.15, 0.2) is 17.5 Å². The van der Waals surface area contributed by atoms with E-state index >= 15 is 0 Å². The molecule has 5 rings (SSSR count). The first kappa shape index (κ1) is 27.4. The molecule has 0 aliphatic carbocycles. The van der Waals surface area contributed by atoms with E-state index in [9.17, 15) is 31.6 Å². The zero-order valence-corrected chi connectivity index (χ0v) is 19.7. The van der Waals surface area contributed by atoms with E-state index in [1.165, 1.54) is 6.33 Å². The number of hydrogen-bond acceptors (Lipinski definition) is 7. The molecule has 0 amide bonds. The fourth-order valence-corrected chi connectivity index (χ4v) is 4.26. The fourth-order valence-electron chi connectivity index (χ4n) is 4.26. The molecule has 0 spiro atoms. The minimum Gasteiger partial charge on any atom is -0.475 e. The maximum Gasteiger partial charge on any atom is 0.490 e. The molecule has 0 radical (unpaired) electrons. The first-order chi connectivity index (χ1) is 18.5. The van der Waals surface area contributed by atoms with Gasteiger partial charge in [0.2, 0.25) is 0 Å². The molecular formula is C23H18F6N8O2. The van der Waals surface area contributed by atoms with Crippen LogP contribution in [0.15, 0.2) is 37.1 Å². The second-order valence-electron chi connectivity index (χ2n) is 8.46. The Morgan fingerprint density at radius 3 is 2.69 bits per heavy atom. The Kier molecular flexibility index (Phi) is 7.70. The Morgan fingerprint density at radius 1 is 1.26 bits per heavy atom. The molecule has 39 heavy (non-hydrogen) atoms. The lowest BCUT2D eigenvalue weighted by atomic mass is 9.96. The van der Waals surface area contributed by atoms with Crippen molar-refractivity contribution >= 4 is 22.8 Å². The quantitative estimate of drug-likeness (QED) is 0.277. The summed E-state index contributed by atoms with van der Waals surface area (Å²) in [5.41, 5.74) is 2.21. The van der Waals surface area contributed by atoms with Crippen molar-refractivity contribution in [1.82, 2.24) is 29.7 Å². The number of carboxylic acid groups (broad SMARTS) is 1. The summed E-state index contributed by atoms with van der Waals surface area (Å²) in [5.74, 6) is -6.62. The molecule has 4 aromatic rings. The van der Waals surface area contributed by atoms with Gasteiger partial charge in [-0.1, -0.05) is 0 Å². The summed E-state index contributed by atoms with van der Waals surface area (Å²) < 4.78 is 74.4. The Balaban J connectivity index is 0.000000448. The number of carbonyl (C=O) groups is 1. The molecule has 1 aliphatic rings. The highest BCUT2D eigenvalue weighted by Crippen LogP contribution is 2.34. The number of aliphatic carboxylic acids is 1. The first-order valence-electron chi connectivity index (χ1n) is 11.3. The average molecular weight is 552 g/mol. The van der Waals surface area contributed by atoms with Gasteiger partial charge >= 0.3 is 12.1 Å². The molecule has 4 aromatic heterocycles. The molecule has 1 fully saturated rings. The van der Waals surface area contributed by atoms with Crippen LogP contribution in [0.3, 0.4) is 0 Å². The average Bonchev–Trinajstić information content (AvgIpc) is 3.65. The largest absolute Gasteiger partial charge is 0.490 e. The van der Waals surface area contributed by atoms with Crippen LogP contribution in [-0.2, 0) is 4.79 Å². The number of fused-ring (bicyclic) bond motifs is 1. The molecule has 0 saturated carbocycles. The van der Waals surface area contributed by atoms with Gasteiger partial charge in [0.05, 0.1) is 30.4 Å². The van der Waals surface area contributed by atoms with Gasteiger partial charge in [-0.15, -0.1) is 0 Å².